The maximum absolute atomic E-state index is 13.7. The number of amides is 1. The Kier molecular flexibility index (Phi) is 4.69. The maximum Gasteiger partial charge on any atom is 0.416 e. The highest BCUT2D eigenvalue weighted by Gasteiger charge is 2.53. The van der Waals surface area contributed by atoms with Gasteiger partial charge in [0.25, 0.3) is 0 Å². The molecule has 0 aliphatic carbocycles. The van der Waals surface area contributed by atoms with Crippen LogP contribution in [-0.2, 0) is 16.5 Å². The number of carbonyl (C=O) groups excluding carboxylic acids is 1. The molecule has 0 radical (unpaired) electrons. The lowest BCUT2D eigenvalue weighted by molar-refractivity contribution is -0.143. The van der Waals surface area contributed by atoms with Gasteiger partial charge in [-0.15, -0.1) is 0 Å². The smallest absolute Gasteiger partial charge is 0.416 e. The van der Waals surface area contributed by atoms with E-state index in [0.717, 1.165) is 12.1 Å². The van der Waals surface area contributed by atoms with E-state index in [-0.39, 0.29) is 12.8 Å². The standard InChI is InChI=1S/C19H23F4NO3/c1-17(2,3)27-16(25)24-12-5-6-13(24)10-18(26,9-12)15-8-11(20)4-7-14(15)19(21,22)23/h4,7-8,12-13,26H,5-6,9-10H2,1-3H3. The molecule has 2 fully saturated rings. The van der Waals surface area contributed by atoms with E-state index in [1.807, 2.05) is 0 Å². The second-order valence-electron chi connectivity index (χ2n) is 8.40. The minimum Gasteiger partial charge on any atom is -0.444 e. The van der Waals surface area contributed by atoms with Crippen molar-refractivity contribution in [3.63, 3.8) is 0 Å². The Labute approximate surface area is 155 Å². The van der Waals surface area contributed by atoms with E-state index >= 15 is 0 Å². The van der Waals surface area contributed by atoms with Gasteiger partial charge >= 0.3 is 12.3 Å². The van der Waals surface area contributed by atoms with Crippen LogP contribution in [0, 0.1) is 5.82 Å². The topological polar surface area (TPSA) is 49.8 Å². The fraction of sp³-hybridized carbons (Fsp3) is 0.632. The first kappa shape index (κ1) is 19.9. The lowest BCUT2D eigenvalue weighted by Crippen LogP contribution is -2.53. The molecule has 2 bridgehead atoms. The molecule has 3 rings (SSSR count). The number of hydrogen-bond donors (Lipinski definition) is 1. The highest BCUT2D eigenvalue weighted by atomic mass is 19.4. The second kappa shape index (κ2) is 6.36. The van der Waals surface area contributed by atoms with Crippen molar-refractivity contribution in [3.8, 4) is 0 Å². The van der Waals surface area contributed by atoms with E-state index < -0.39 is 52.5 Å². The van der Waals surface area contributed by atoms with Crippen LogP contribution >= 0.6 is 0 Å². The van der Waals surface area contributed by atoms with Crippen molar-refractivity contribution in [1.82, 2.24) is 4.90 Å². The molecule has 0 aromatic heterocycles. The van der Waals surface area contributed by atoms with E-state index in [1.165, 1.54) is 4.90 Å². The Morgan fingerprint density at radius 1 is 1.19 bits per heavy atom. The van der Waals surface area contributed by atoms with Gasteiger partial charge in [0.2, 0.25) is 0 Å². The average Bonchev–Trinajstić information content (AvgIpc) is 2.77. The molecular formula is C19H23F4NO3. The summed E-state index contributed by atoms with van der Waals surface area (Å²) in [5.74, 6) is -0.839. The summed E-state index contributed by atoms with van der Waals surface area (Å²) in [6.45, 7) is 5.19. The molecule has 150 valence electrons. The molecule has 2 atom stereocenters. The summed E-state index contributed by atoms with van der Waals surface area (Å²) < 4.78 is 59.3. The van der Waals surface area contributed by atoms with Crippen LogP contribution in [0.25, 0.3) is 0 Å². The first-order valence-corrected chi connectivity index (χ1v) is 8.91. The highest BCUT2D eigenvalue weighted by Crippen LogP contribution is 2.49. The lowest BCUT2D eigenvalue weighted by atomic mass is 9.78. The molecule has 8 heteroatoms. The fourth-order valence-corrected chi connectivity index (χ4v) is 4.21. The number of hydrogen-bond acceptors (Lipinski definition) is 3. The van der Waals surface area contributed by atoms with Gasteiger partial charge in [0.05, 0.1) is 11.2 Å². The summed E-state index contributed by atoms with van der Waals surface area (Å²) in [7, 11) is 0. The van der Waals surface area contributed by atoms with Gasteiger partial charge in [-0.2, -0.15) is 13.2 Å². The third-order valence-electron chi connectivity index (χ3n) is 5.16. The Morgan fingerprint density at radius 2 is 1.74 bits per heavy atom. The third-order valence-corrected chi connectivity index (χ3v) is 5.16. The monoisotopic (exact) mass is 389 g/mol. The summed E-state index contributed by atoms with van der Waals surface area (Å²) in [6, 6.07) is 1.25. The largest absolute Gasteiger partial charge is 0.444 e. The molecule has 27 heavy (non-hydrogen) atoms. The number of aliphatic hydroxyl groups is 1. The molecule has 2 aliphatic heterocycles. The summed E-state index contributed by atoms with van der Waals surface area (Å²) in [4.78, 5) is 14.0. The van der Waals surface area contributed by atoms with Crippen LogP contribution in [-0.4, -0.2) is 33.8 Å². The maximum atomic E-state index is 13.7. The number of halogens is 4. The summed E-state index contributed by atoms with van der Waals surface area (Å²) in [5, 5.41) is 11.1. The molecule has 0 spiro atoms. The minimum absolute atomic E-state index is 0.0880. The molecule has 1 aromatic carbocycles. The van der Waals surface area contributed by atoms with Crippen molar-refractivity contribution in [2.45, 2.75) is 75.9 Å². The Bertz CT molecular complexity index is 727. The second-order valence-corrected chi connectivity index (χ2v) is 8.40. The highest BCUT2D eigenvalue weighted by molar-refractivity contribution is 5.70. The van der Waals surface area contributed by atoms with Crippen LogP contribution in [0.1, 0.15) is 57.6 Å². The average molecular weight is 389 g/mol. The number of ether oxygens (including phenoxy) is 1. The number of carbonyl (C=O) groups is 1. The van der Waals surface area contributed by atoms with Crippen LogP contribution in [0.4, 0.5) is 22.4 Å². The van der Waals surface area contributed by atoms with E-state index in [1.54, 1.807) is 20.8 Å². The molecule has 1 aromatic rings. The quantitative estimate of drug-likeness (QED) is 0.715. The molecule has 1 amide bonds. The summed E-state index contributed by atoms with van der Waals surface area (Å²) >= 11 is 0. The molecule has 1 N–H and O–H groups in total. The first-order valence-electron chi connectivity index (χ1n) is 8.91. The van der Waals surface area contributed by atoms with Gasteiger partial charge in [-0.05, 0) is 57.4 Å². The third kappa shape index (κ3) is 3.90. The van der Waals surface area contributed by atoms with Crippen molar-refractivity contribution in [1.29, 1.82) is 0 Å². The Morgan fingerprint density at radius 3 is 2.22 bits per heavy atom. The van der Waals surface area contributed by atoms with Gasteiger partial charge in [0.1, 0.15) is 11.4 Å². The predicted molar refractivity (Wildman–Crippen MR) is 89.4 cm³/mol. The van der Waals surface area contributed by atoms with E-state index in [0.29, 0.717) is 18.9 Å². The first-order chi connectivity index (χ1) is 12.3. The SMILES string of the molecule is CC(C)(C)OC(=O)N1C2CCC1CC(O)(c1cc(F)ccc1C(F)(F)F)C2. The van der Waals surface area contributed by atoms with Crippen molar-refractivity contribution < 1.29 is 32.2 Å². The fourth-order valence-electron chi connectivity index (χ4n) is 4.21. The minimum atomic E-state index is -4.71. The molecule has 2 saturated heterocycles. The zero-order chi connectivity index (χ0) is 20.2. The van der Waals surface area contributed by atoms with Crippen LogP contribution in [0.2, 0.25) is 0 Å². The zero-order valence-corrected chi connectivity index (χ0v) is 15.4. The Hall–Kier alpha value is -1.83. The van der Waals surface area contributed by atoms with Gasteiger partial charge in [0.15, 0.2) is 0 Å². The number of nitrogens with zero attached hydrogens (tertiary/aromatic N) is 1. The van der Waals surface area contributed by atoms with E-state index in [9.17, 15) is 27.5 Å². The molecule has 2 aliphatic rings. The summed E-state index contributed by atoms with van der Waals surface area (Å²) in [5.41, 5.74) is -4.06. The van der Waals surface area contributed by atoms with Gasteiger partial charge in [-0.3, -0.25) is 0 Å². The number of benzene rings is 1. The molecule has 4 nitrogen and oxygen atoms in total. The van der Waals surface area contributed by atoms with Gasteiger partial charge in [-0.1, -0.05) is 0 Å². The van der Waals surface area contributed by atoms with Crippen molar-refractivity contribution in [2.24, 2.45) is 0 Å². The van der Waals surface area contributed by atoms with Gasteiger partial charge in [0, 0.05) is 24.9 Å². The molecular weight excluding hydrogens is 366 g/mol. The van der Waals surface area contributed by atoms with Crippen molar-refractivity contribution in [3.05, 3.63) is 35.1 Å². The van der Waals surface area contributed by atoms with Gasteiger partial charge in [-0.25, -0.2) is 9.18 Å². The molecule has 2 heterocycles. The summed E-state index contributed by atoms with van der Waals surface area (Å²) in [6.07, 6.45) is -4.30. The van der Waals surface area contributed by atoms with Crippen molar-refractivity contribution in [2.75, 3.05) is 0 Å². The van der Waals surface area contributed by atoms with Gasteiger partial charge < -0.3 is 14.7 Å². The molecule has 0 saturated carbocycles. The number of piperidine rings is 1. The number of rotatable bonds is 1. The number of alkyl halides is 3. The van der Waals surface area contributed by atoms with Crippen LogP contribution in [0.15, 0.2) is 18.2 Å². The zero-order valence-electron chi connectivity index (χ0n) is 15.4. The van der Waals surface area contributed by atoms with E-state index in [4.69, 9.17) is 4.74 Å². The normalized spacial score (nSPS) is 28.4. The van der Waals surface area contributed by atoms with Crippen molar-refractivity contribution >= 4 is 6.09 Å². The van der Waals surface area contributed by atoms with Crippen LogP contribution < -0.4 is 0 Å². The number of fused-ring (bicyclic) bond motifs is 2. The lowest BCUT2D eigenvalue weighted by Gasteiger charge is -2.44. The van der Waals surface area contributed by atoms with Crippen LogP contribution in [0.5, 0.6) is 0 Å². The predicted octanol–water partition coefficient (Wildman–Crippen LogP) is 4.59. The Balaban J connectivity index is 1.92. The molecule has 2 unspecified atom stereocenters. The van der Waals surface area contributed by atoms with Crippen LogP contribution in [0.3, 0.4) is 0 Å². The van der Waals surface area contributed by atoms with E-state index in [2.05, 4.69) is 0 Å².